The molecule has 1 amide bonds. The lowest BCUT2D eigenvalue weighted by Crippen LogP contribution is -2.31. The Morgan fingerprint density at radius 2 is 1.49 bits per heavy atom. The first kappa shape index (κ1) is 22.7. The Labute approximate surface area is 207 Å². The predicted molar refractivity (Wildman–Crippen MR) is 143 cm³/mol. The molecule has 172 valence electrons. The Morgan fingerprint density at radius 1 is 0.800 bits per heavy atom. The molecule has 0 aliphatic rings. The maximum absolute atomic E-state index is 13.5. The molecule has 0 aliphatic heterocycles. The van der Waals surface area contributed by atoms with Gasteiger partial charge in [-0.15, -0.1) is 0 Å². The zero-order valence-electron chi connectivity index (χ0n) is 19.5. The molecule has 4 aromatic carbocycles. The highest BCUT2D eigenvalue weighted by atomic mass is 32.1. The molecule has 0 aliphatic carbocycles. The van der Waals surface area contributed by atoms with Crippen LogP contribution in [-0.2, 0) is 0 Å². The topological polar surface area (TPSA) is 51.4 Å². The fourth-order valence-corrected chi connectivity index (χ4v) is 5.16. The molecule has 1 aromatic heterocycles. The first-order valence-electron chi connectivity index (χ1n) is 11.5. The van der Waals surface area contributed by atoms with Gasteiger partial charge in [0.05, 0.1) is 5.69 Å². The molecule has 0 N–H and O–H groups in total. The Hall–Kier alpha value is -4.09. The summed E-state index contributed by atoms with van der Waals surface area (Å²) in [6.07, 6.45) is 0. The maximum atomic E-state index is 13.5. The second kappa shape index (κ2) is 9.65. The molecule has 4 nitrogen and oxygen atoms in total. The molecule has 0 bridgehead atoms. The molecule has 0 spiro atoms. The summed E-state index contributed by atoms with van der Waals surface area (Å²) in [4.78, 5) is 32.5. The van der Waals surface area contributed by atoms with E-state index in [-0.39, 0.29) is 17.4 Å². The van der Waals surface area contributed by atoms with E-state index >= 15 is 0 Å². The van der Waals surface area contributed by atoms with Gasteiger partial charge in [-0.25, -0.2) is 0 Å². The van der Waals surface area contributed by atoms with Gasteiger partial charge >= 0.3 is 0 Å². The first-order chi connectivity index (χ1) is 17.0. The van der Waals surface area contributed by atoms with E-state index < -0.39 is 0 Å². The van der Waals surface area contributed by atoms with E-state index in [1.165, 1.54) is 11.3 Å². The Bertz CT molecular complexity index is 1660. The summed E-state index contributed by atoms with van der Waals surface area (Å²) in [5, 5.41) is 2.03. The lowest BCUT2D eigenvalue weighted by molar-refractivity contribution is 0.0998. The molecule has 0 atom stereocenters. The Kier molecular flexibility index (Phi) is 6.25. The molecule has 5 aromatic rings. The van der Waals surface area contributed by atoms with Crippen molar-refractivity contribution in [2.24, 2.45) is 4.99 Å². The van der Waals surface area contributed by atoms with E-state index in [1.807, 2.05) is 91.0 Å². The quantitative estimate of drug-likeness (QED) is 0.294. The minimum Gasteiger partial charge on any atom is -0.269 e. The lowest BCUT2D eigenvalue weighted by Gasteiger charge is -2.15. The molecule has 0 saturated heterocycles. The number of nitrogens with zero attached hydrogens (tertiary/aromatic N) is 2. The molecule has 0 saturated carbocycles. The van der Waals surface area contributed by atoms with Crippen LogP contribution in [-0.4, -0.2) is 10.5 Å². The van der Waals surface area contributed by atoms with Crippen LogP contribution in [0.25, 0.3) is 26.9 Å². The average Bonchev–Trinajstić information content (AvgIpc) is 2.88. The van der Waals surface area contributed by atoms with E-state index in [0.29, 0.717) is 10.4 Å². The van der Waals surface area contributed by atoms with Gasteiger partial charge in [0.2, 0.25) is 4.80 Å². The van der Waals surface area contributed by atoms with Gasteiger partial charge in [0, 0.05) is 16.5 Å². The van der Waals surface area contributed by atoms with E-state index in [2.05, 4.69) is 18.8 Å². The summed E-state index contributed by atoms with van der Waals surface area (Å²) in [5.74, 6) is -0.187. The number of carbonyl (C=O) groups excluding carboxylic acids is 1. The fraction of sp³-hybridized carbons (Fsp3) is 0.100. The SMILES string of the molecule is CC(C)c1ccccc1-n1c(=O)cc(-c2ccccc2)sc1=NC(=O)c1ccc2ccccc2c1. The van der Waals surface area contributed by atoms with Gasteiger partial charge in [0.1, 0.15) is 0 Å². The van der Waals surface area contributed by atoms with Gasteiger partial charge in [0.15, 0.2) is 0 Å². The van der Waals surface area contributed by atoms with Gasteiger partial charge in [0.25, 0.3) is 11.5 Å². The normalized spacial score (nSPS) is 11.8. The average molecular weight is 477 g/mol. The van der Waals surface area contributed by atoms with Gasteiger partial charge in [-0.1, -0.05) is 104 Å². The Balaban J connectivity index is 1.75. The van der Waals surface area contributed by atoms with Gasteiger partial charge in [-0.3, -0.25) is 14.2 Å². The zero-order valence-corrected chi connectivity index (χ0v) is 20.3. The third-order valence-electron chi connectivity index (χ3n) is 5.92. The van der Waals surface area contributed by atoms with Crippen LogP contribution in [0.3, 0.4) is 0 Å². The fourth-order valence-electron chi connectivity index (χ4n) is 4.14. The highest BCUT2D eigenvalue weighted by Gasteiger charge is 2.15. The highest BCUT2D eigenvalue weighted by Crippen LogP contribution is 2.24. The van der Waals surface area contributed by atoms with E-state index in [1.54, 1.807) is 16.7 Å². The third-order valence-corrected chi connectivity index (χ3v) is 6.95. The van der Waals surface area contributed by atoms with Gasteiger partial charge < -0.3 is 0 Å². The first-order valence-corrected chi connectivity index (χ1v) is 12.3. The van der Waals surface area contributed by atoms with Crippen LogP contribution in [0.1, 0.15) is 35.7 Å². The minimum absolute atomic E-state index is 0.195. The molecule has 0 fully saturated rings. The standard InChI is InChI=1S/C30H24N2O2S/c1-20(2)25-14-8-9-15-26(25)32-28(33)19-27(22-11-4-3-5-12-22)35-30(32)31-29(34)24-17-16-21-10-6-7-13-23(21)18-24/h3-20H,1-2H3. The van der Waals surface area contributed by atoms with Crippen molar-refractivity contribution in [3.05, 3.63) is 129 Å². The minimum atomic E-state index is -0.382. The Morgan fingerprint density at radius 3 is 2.26 bits per heavy atom. The van der Waals surface area contributed by atoms with Crippen molar-refractivity contribution in [2.75, 3.05) is 0 Å². The number of fused-ring (bicyclic) bond motifs is 1. The van der Waals surface area contributed by atoms with Crippen LogP contribution < -0.4 is 10.4 Å². The molecule has 1 heterocycles. The van der Waals surface area contributed by atoms with Gasteiger partial charge in [-0.05, 0) is 46.0 Å². The van der Waals surface area contributed by atoms with Crippen molar-refractivity contribution in [2.45, 2.75) is 19.8 Å². The smallest absolute Gasteiger partial charge is 0.269 e. The number of para-hydroxylation sites is 1. The van der Waals surface area contributed by atoms with Crippen molar-refractivity contribution >= 4 is 28.0 Å². The molecule has 5 rings (SSSR count). The molecule has 0 unspecified atom stereocenters. The predicted octanol–water partition coefficient (Wildman–Crippen LogP) is 6.58. The van der Waals surface area contributed by atoms with Crippen LogP contribution in [0.15, 0.2) is 113 Å². The van der Waals surface area contributed by atoms with Gasteiger partial charge in [-0.2, -0.15) is 4.99 Å². The maximum Gasteiger partial charge on any atom is 0.279 e. The van der Waals surface area contributed by atoms with Crippen LogP contribution in [0, 0.1) is 0 Å². The van der Waals surface area contributed by atoms with E-state index in [0.717, 1.165) is 32.5 Å². The van der Waals surface area contributed by atoms with E-state index in [9.17, 15) is 9.59 Å². The van der Waals surface area contributed by atoms with Crippen LogP contribution in [0.4, 0.5) is 0 Å². The summed E-state index contributed by atoms with van der Waals surface area (Å²) >= 11 is 1.33. The number of hydrogen-bond donors (Lipinski definition) is 0. The largest absolute Gasteiger partial charge is 0.279 e. The second-order valence-corrected chi connectivity index (χ2v) is 9.63. The molecular weight excluding hydrogens is 452 g/mol. The van der Waals surface area contributed by atoms with Crippen LogP contribution in [0.2, 0.25) is 0 Å². The van der Waals surface area contributed by atoms with Crippen molar-refractivity contribution < 1.29 is 4.79 Å². The number of hydrogen-bond acceptors (Lipinski definition) is 3. The zero-order chi connectivity index (χ0) is 24.4. The number of amides is 1. The summed E-state index contributed by atoms with van der Waals surface area (Å²) in [6, 6.07) is 32.5. The number of carbonyl (C=O) groups is 1. The monoisotopic (exact) mass is 476 g/mol. The molecule has 35 heavy (non-hydrogen) atoms. The summed E-state index contributed by atoms with van der Waals surface area (Å²) in [5.41, 5.74) is 2.93. The molecular formula is C30H24N2O2S. The number of rotatable bonds is 4. The number of aromatic nitrogens is 1. The lowest BCUT2D eigenvalue weighted by atomic mass is 10.0. The summed E-state index contributed by atoms with van der Waals surface area (Å²) < 4.78 is 1.56. The second-order valence-electron chi connectivity index (χ2n) is 8.63. The highest BCUT2D eigenvalue weighted by molar-refractivity contribution is 7.12. The van der Waals surface area contributed by atoms with Crippen molar-refractivity contribution in [1.82, 2.24) is 4.57 Å². The number of benzene rings is 4. The van der Waals surface area contributed by atoms with Crippen molar-refractivity contribution in [3.63, 3.8) is 0 Å². The van der Waals surface area contributed by atoms with Crippen molar-refractivity contribution in [1.29, 1.82) is 0 Å². The summed E-state index contributed by atoms with van der Waals surface area (Å²) in [7, 11) is 0. The molecule has 0 radical (unpaired) electrons. The third kappa shape index (κ3) is 4.63. The van der Waals surface area contributed by atoms with E-state index in [4.69, 9.17) is 0 Å². The molecule has 5 heteroatoms. The van der Waals surface area contributed by atoms with Crippen LogP contribution >= 0.6 is 11.3 Å². The summed E-state index contributed by atoms with van der Waals surface area (Å²) in [6.45, 7) is 4.17. The van der Waals surface area contributed by atoms with Crippen molar-refractivity contribution in [3.8, 4) is 16.1 Å². The van der Waals surface area contributed by atoms with Crippen LogP contribution in [0.5, 0.6) is 0 Å².